The van der Waals surface area contributed by atoms with Gasteiger partial charge >= 0.3 is 0 Å². The lowest BCUT2D eigenvalue weighted by Gasteiger charge is -2.21. The van der Waals surface area contributed by atoms with Crippen LogP contribution in [0.25, 0.3) is 0 Å². The number of aromatic nitrogens is 2. The van der Waals surface area contributed by atoms with Crippen LogP contribution in [0.5, 0.6) is 0 Å². The molecule has 1 aromatic carbocycles. The molecule has 1 amide bonds. The Kier molecular flexibility index (Phi) is 5.31. The molecular weight excluding hydrogens is 312 g/mol. The van der Waals surface area contributed by atoms with Crippen molar-refractivity contribution in [3.8, 4) is 0 Å². The van der Waals surface area contributed by atoms with E-state index in [1.807, 2.05) is 45.0 Å². The Morgan fingerprint density at radius 1 is 1.20 bits per heavy atom. The molecule has 3 rings (SSSR count). The average molecular weight is 338 g/mol. The topological polar surface area (TPSA) is 58.1 Å². The van der Waals surface area contributed by atoms with Crippen LogP contribution in [0.15, 0.2) is 30.3 Å². The van der Waals surface area contributed by atoms with Gasteiger partial charge in [0.05, 0.1) is 0 Å². The Balaban J connectivity index is 1.85. The Morgan fingerprint density at radius 3 is 2.64 bits per heavy atom. The smallest absolute Gasteiger partial charge is 0.277 e. The second kappa shape index (κ2) is 7.64. The van der Waals surface area contributed by atoms with Gasteiger partial charge in [0.2, 0.25) is 5.95 Å². The number of nitrogens with one attached hydrogen (secondary N) is 1. The van der Waals surface area contributed by atoms with Gasteiger partial charge in [-0.3, -0.25) is 4.79 Å². The first kappa shape index (κ1) is 17.4. The molecule has 5 nitrogen and oxygen atoms in total. The van der Waals surface area contributed by atoms with Gasteiger partial charge in [-0.15, -0.1) is 0 Å². The zero-order chi connectivity index (χ0) is 17.8. The van der Waals surface area contributed by atoms with Crippen molar-refractivity contribution in [2.45, 2.75) is 52.5 Å². The second-order valence-electron chi connectivity index (χ2n) is 6.73. The second-order valence-corrected chi connectivity index (χ2v) is 6.73. The maximum atomic E-state index is 13.0. The normalized spacial score (nSPS) is 14.5. The van der Waals surface area contributed by atoms with E-state index in [1.165, 1.54) is 12.8 Å². The molecule has 1 aromatic heterocycles. The Hall–Kier alpha value is -2.43. The number of aryl methyl sites for hydroxylation is 2. The molecule has 0 bridgehead atoms. The summed E-state index contributed by atoms with van der Waals surface area (Å²) in [5, 5.41) is 3.39. The summed E-state index contributed by atoms with van der Waals surface area (Å²) in [4.78, 5) is 23.8. The number of rotatable bonds is 5. The van der Waals surface area contributed by atoms with Crippen molar-refractivity contribution in [2.24, 2.45) is 0 Å². The summed E-state index contributed by atoms with van der Waals surface area (Å²) in [6.45, 7) is 6.50. The third-order valence-corrected chi connectivity index (χ3v) is 4.64. The fourth-order valence-corrected chi connectivity index (χ4v) is 3.37. The van der Waals surface area contributed by atoms with Crippen LogP contribution in [0, 0.1) is 13.8 Å². The maximum absolute atomic E-state index is 13.0. The largest absolute Gasteiger partial charge is 0.351 e. The lowest BCUT2D eigenvalue weighted by molar-refractivity contribution is 0.0983. The van der Waals surface area contributed by atoms with Crippen molar-refractivity contribution >= 4 is 17.5 Å². The number of carbonyl (C=O) groups is 1. The predicted molar refractivity (Wildman–Crippen MR) is 101 cm³/mol. The molecule has 0 saturated heterocycles. The molecule has 0 aliphatic heterocycles. The quantitative estimate of drug-likeness (QED) is 0.891. The van der Waals surface area contributed by atoms with Gasteiger partial charge in [0.15, 0.2) is 0 Å². The average Bonchev–Trinajstić information content (AvgIpc) is 3.08. The van der Waals surface area contributed by atoms with Gasteiger partial charge < -0.3 is 10.2 Å². The lowest BCUT2D eigenvalue weighted by atomic mass is 10.2. The number of anilines is 2. The molecule has 2 aromatic rings. The van der Waals surface area contributed by atoms with E-state index in [0.29, 0.717) is 24.2 Å². The molecule has 25 heavy (non-hydrogen) atoms. The van der Waals surface area contributed by atoms with Crippen LogP contribution in [0.4, 0.5) is 11.6 Å². The predicted octanol–water partition coefficient (Wildman–Crippen LogP) is 4.11. The van der Waals surface area contributed by atoms with Gasteiger partial charge in [-0.25, -0.2) is 9.97 Å². The van der Waals surface area contributed by atoms with Crippen LogP contribution in [0.1, 0.15) is 54.4 Å². The Morgan fingerprint density at radius 2 is 1.96 bits per heavy atom. The Bertz CT molecular complexity index is 753. The third kappa shape index (κ3) is 4.16. The molecule has 132 valence electrons. The SMILES string of the molecule is CCN(C(=O)c1cc(C)nc(NC2CCCC2)n1)c1cccc(C)c1. The van der Waals surface area contributed by atoms with Crippen molar-refractivity contribution in [2.75, 3.05) is 16.8 Å². The molecule has 1 heterocycles. The van der Waals surface area contributed by atoms with Crippen LogP contribution in [-0.4, -0.2) is 28.5 Å². The first-order valence-electron chi connectivity index (χ1n) is 9.07. The van der Waals surface area contributed by atoms with E-state index < -0.39 is 0 Å². The van der Waals surface area contributed by atoms with E-state index in [-0.39, 0.29) is 5.91 Å². The van der Waals surface area contributed by atoms with Crippen molar-refractivity contribution in [1.29, 1.82) is 0 Å². The van der Waals surface area contributed by atoms with Gasteiger partial charge in [-0.05, 0) is 57.4 Å². The summed E-state index contributed by atoms with van der Waals surface area (Å²) in [6.07, 6.45) is 4.77. The maximum Gasteiger partial charge on any atom is 0.277 e. The van der Waals surface area contributed by atoms with Gasteiger partial charge in [0, 0.05) is 24.0 Å². The third-order valence-electron chi connectivity index (χ3n) is 4.64. The number of nitrogens with zero attached hydrogens (tertiary/aromatic N) is 3. The molecule has 1 aliphatic rings. The lowest BCUT2D eigenvalue weighted by Crippen LogP contribution is -2.32. The standard InChI is InChI=1S/C20H26N4O/c1-4-24(17-11-7-8-14(2)12-17)19(25)18-13-15(3)21-20(23-18)22-16-9-5-6-10-16/h7-8,11-13,16H,4-6,9-10H2,1-3H3,(H,21,22,23). The van der Waals surface area contributed by atoms with Crippen LogP contribution >= 0.6 is 0 Å². The summed E-state index contributed by atoms with van der Waals surface area (Å²) in [7, 11) is 0. The number of benzene rings is 1. The van der Waals surface area contributed by atoms with Gasteiger partial charge in [0.1, 0.15) is 5.69 Å². The highest BCUT2D eigenvalue weighted by atomic mass is 16.2. The number of carbonyl (C=O) groups excluding carboxylic acids is 1. The summed E-state index contributed by atoms with van der Waals surface area (Å²) < 4.78 is 0. The number of amides is 1. The molecule has 1 fully saturated rings. The number of hydrogen-bond donors (Lipinski definition) is 1. The van der Waals surface area contributed by atoms with Crippen molar-refractivity contribution in [3.63, 3.8) is 0 Å². The molecule has 1 N–H and O–H groups in total. The first-order valence-corrected chi connectivity index (χ1v) is 9.07. The highest BCUT2D eigenvalue weighted by Gasteiger charge is 2.21. The molecule has 0 atom stereocenters. The van der Waals surface area contributed by atoms with Crippen molar-refractivity contribution in [3.05, 3.63) is 47.3 Å². The Labute approximate surface area is 149 Å². The van der Waals surface area contributed by atoms with Crippen LogP contribution < -0.4 is 10.2 Å². The minimum Gasteiger partial charge on any atom is -0.351 e. The van der Waals surface area contributed by atoms with Gasteiger partial charge in [0.25, 0.3) is 5.91 Å². The van der Waals surface area contributed by atoms with Crippen LogP contribution in [0.3, 0.4) is 0 Å². The van der Waals surface area contributed by atoms with Gasteiger partial charge in [-0.1, -0.05) is 25.0 Å². The summed E-state index contributed by atoms with van der Waals surface area (Å²) in [6, 6.07) is 10.2. The van der Waals surface area contributed by atoms with Crippen molar-refractivity contribution in [1.82, 2.24) is 9.97 Å². The van der Waals surface area contributed by atoms with Crippen LogP contribution in [0.2, 0.25) is 0 Å². The van der Waals surface area contributed by atoms with Crippen molar-refractivity contribution < 1.29 is 4.79 Å². The molecule has 5 heteroatoms. The monoisotopic (exact) mass is 338 g/mol. The summed E-state index contributed by atoms with van der Waals surface area (Å²) >= 11 is 0. The molecule has 1 aliphatic carbocycles. The highest BCUT2D eigenvalue weighted by molar-refractivity contribution is 6.05. The molecule has 0 radical (unpaired) electrons. The minimum atomic E-state index is -0.0897. The molecule has 0 spiro atoms. The van der Waals surface area contributed by atoms with E-state index in [4.69, 9.17) is 0 Å². The van der Waals surface area contributed by atoms with E-state index in [1.54, 1.807) is 11.0 Å². The first-order chi connectivity index (χ1) is 12.1. The number of hydrogen-bond acceptors (Lipinski definition) is 4. The summed E-state index contributed by atoms with van der Waals surface area (Å²) in [5.74, 6) is 0.476. The molecule has 1 saturated carbocycles. The zero-order valence-corrected chi connectivity index (χ0v) is 15.2. The van der Waals surface area contributed by atoms with E-state index >= 15 is 0 Å². The minimum absolute atomic E-state index is 0.0897. The van der Waals surface area contributed by atoms with Crippen LogP contribution in [-0.2, 0) is 0 Å². The summed E-state index contributed by atoms with van der Waals surface area (Å²) in [5.41, 5.74) is 3.27. The highest BCUT2D eigenvalue weighted by Crippen LogP contribution is 2.22. The molecule has 0 unspecified atom stereocenters. The fourth-order valence-electron chi connectivity index (χ4n) is 3.37. The van der Waals surface area contributed by atoms with E-state index in [2.05, 4.69) is 15.3 Å². The fraction of sp³-hybridized carbons (Fsp3) is 0.450. The van der Waals surface area contributed by atoms with Gasteiger partial charge in [-0.2, -0.15) is 0 Å². The van der Waals surface area contributed by atoms with E-state index in [0.717, 1.165) is 29.8 Å². The molecular formula is C20H26N4O. The van der Waals surface area contributed by atoms with E-state index in [9.17, 15) is 4.79 Å². The zero-order valence-electron chi connectivity index (χ0n) is 15.2.